The highest BCUT2D eigenvalue weighted by Gasteiger charge is 2.30. The third-order valence-electron chi connectivity index (χ3n) is 6.15. The minimum Gasteiger partial charge on any atom is -0.481 e. The second kappa shape index (κ2) is 9.39. The molecular weight excluding hydrogens is 370 g/mol. The number of piperidine rings is 1. The largest absolute Gasteiger partial charge is 0.481 e. The van der Waals surface area contributed by atoms with Crippen molar-refractivity contribution >= 4 is 17.8 Å². The maximum atomic E-state index is 12.9. The van der Waals surface area contributed by atoms with Gasteiger partial charge in [-0.25, -0.2) is 0 Å². The molecule has 158 valence electrons. The average molecular weight is 402 g/mol. The molecule has 2 heterocycles. The van der Waals surface area contributed by atoms with E-state index in [1.54, 1.807) is 16.8 Å². The van der Waals surface area contributed by atoms with Crippen LogP contribution < -0.4 is 5.32 Å². The molecule has 1 aromatic carbocycles. The number of carboxylic acids is 1. The normalized spacial score (nSPS) is 20.1. The summed E-state index contributed by atoms with van der Waals surface area (Å²) < 4.78 is 0. The SMILES string of the molecule is CN(CCC1CCNCC1)C(=O)c1ccc2c(c1)CC(CC(=O)O)C(=O)N(C)C2. The van der Waals surface area contributed by atoms with Crippen LogP contribution in [0.15, 0.2) is 18.2 Å². The van der Waals surface area contributed by atoms with Crippen LogP contribution in [0.5, 0.6) is 0 Å². The standard InChI is InChI=1S/C22H31N3O4/c1-24(10-7-15-5-8-23-9-6-15)21(28)16-3-4-17-14-25(2)22(29)19(13-20(26)27)12-18(17)11-16/h3-4,11,15,19,23H,5-10,12-14H2,1-2H3,(H,26,27). The van der Waals surface area contributed by atoms with Gasteiger partial charge in [-0.15, -0.1) is 0 Å². The number of amides is 2. The lowest BCUT2D eigenvalue weighted by Crippen LogP contribution is -2.32. The molecule has 1 fully saturated rings. The van der Waals surface area contributed by atoms with Gasteiger partial charge >= 0.3 is 5.97 Å². The third kappa shape index (κ3) is 5.35. The Morgan fingerprint density at radius 1 is 1.24 bits per heavy atom. The van der Waals surface area contributed by atoms with Gasteiger partial charge in [-0.2, -0.15) is 0 Å². The molecule has 0 aromatic heterocycles. The number of carbonyl (C=O) groups is 3. The minimum absolute atomic E-state index is 0.0274. The van der Waals surface area contributed by atoms with Crippen LogP contribution in [0.3, 0.4) is 0 Å². The smallest absolute Gasteiger partial charge is 0.304 e. The zero-order chi connectivity index (χ0) is 21.0. The number of fused-ring (bicyclic) bond motifs is 1. The number of rotatable bonds is 6. The number of carboxylic acid groups (broad SMARTS) is 1. The molecule has 3 rings (SSSR count). The molecule has 0 radical (unpaired) electrons. The summed E-state index contributed by atoms with van der Waals surface area (Å²) in [5.74, 6) is -1.10. The predicted octanol–water partition coefficient (Wildman–Crippen LogP) is 1.75. The summed E-state index contributed by atoms with van der Waals surface area (Å²) in [7, 11) is 3.53. The molecule has 1 unspecified atom stereocenters. The monoisotopic (exact) mass is 401 g/mol. The van der Waals surface area contributed by atoms with Crippen molar-refractivity contribution in [1.29, 1.82) is 0 Å². The van der Waals surface area contributed by atoms with Crippen molar-refractivity contribution in [2.45, 2.75) is 38.6 Å². The van der Waals surface area contributed by atoms with Crippen molar-refractivity contribution in [1.82, 2.24) is 15.1 Å². The predicted molar refractivity (Wildman–Crippen MR) is 110 cm³/mol. The molecule has 7 heteroatoms. The molecule has 29 heavy (non-hydrogen) atoms. The number of carbonyl (C=O) groups excluding carboxylic acids is 2. The summed E-state index contributed by atoms with van der Waals surface area (Å²) in [5.41, 5.74) is 2.47. The summed E-state index contributed by atoms with van der Waals surface area (Å²) in [6, 6.07) is 5.56. The maximum Gasteiger partial charge on any atom is 0.304 e. The highest BCUT2D eigenvalue weighted by molar-refractivity contribution is 5.94. The molecule has 2 aliphatic rings. The molecule has 7 nitrogen and oxygen atoms in total. The van der Waals surface area contributed by atoms with Gasteiger partial charge in [-0.05, 0) is 68.0 Å². The van der Waals surface area contributed by atoms with Crippen molar-refractivity contribution in [3.8, 4) is 0 Å². The van der Waals surface area contributed by atoms with E-state index in [9.17, 15) is 14.4 Å². The molecule has 0 spiro atoms. The number of hydrogen-bond donors (Lipinski definition) is 2. The fourth-order valence-electron chi connectivity index (χ4n) is 4.34. The van der Waals surface area contributed by atoms with E-state index in [0.29, 0.717) is 24.4 Å². The molecule has 2 amide bonds. The second-order valence-electron chi connectivity index (χ2n) is 8.39. The summed E-state index contributed by atoms with van der Waals surface area (Å²) in [6.07, 6.45) is 3.48. The summed E-state index contributed by atoms with van der Waals surface area (Å²) in [4.78, 5) is 39.9. The molecule has 1 aromatic rings. The molecule has 2 aliphatic heterocycles. The van der Waals surface area contributed by atoms with Gasteiger partial charge < -0.3 is 20.2 Å². The average Bonchev–Trinajstić information content (AvgIpc) is 2.82. The summed E-state index contributed by atoms with van der Waals surface area (Å²) in [5, 5.41) is 12.5. The van der Waals surface area contributed by atoms with Crippen molar-refractivity contribution < 1.29 is 19.5 Å². The first kappa shape index (κ1) is 21.3. The third-order valence-corrected chi connectivity index (χ3v) is 6.15. The number of nitrogens with one attached hydrogen (secondary N) is 1. The Morgan fingerprint density at radius 3 is 2.66 bits per heavy atom. The number of nitrogens with zero attached hydrogens (tertiary/aromatic N) is 2. The van der Waals surface area contributed by atoms with Crippen LogP contribution in [0, 0.1) is 11.8 Å². The lowest BCUT2D eigenvalue weighted by molar-refractivity contribution is -0.143. The van der Waals surface area contributed by atoms with Crippen molar-refractivity contribution in [2.24, 2.45) is 11.8 Å². The Labute approximate surface area is 172 Å². The molecule has 1 saturated heterocycles. The quantitative estimate of drug-likeness (QED) is 0.758. The number of benzene rings is 1. The molecular formula is C22H31N3O4. The van der Waals surface area contributed by atoms with Crippen LogP contribution in [0.1, 0.15) is 47.2 Å². The van der Waals surface area contributed by atoms with Gasteiger partial charge in [0, 0.05) is 32.7 Å². The Kier molecular flexibility index (Phi) is 6.90. The first-order valence-corrected chi connectivity index (χ1v) is 10.4. The zero-order valence-corrected chi connectivity index (χ0v) is 17.3. The van der Waals surface area contributed by atoms with Gasteiger partial charge in [-0.3, -0.25) is 14.4 Å². The lowest BCUT2D eigenvalue weighted by atomic mass is 9.92. The van der Waals surface area contributed by atoms with E-state index in [1.807, 2.05) is 25.2 Å². The number of aliphatic carboxylic acids is 1. The van der Waals surface area contributed by atoms with Gasteiger partial charge in [0.05, 0.1) is 12.3 Å². The van der Waals surface area contributed by atoms with E-state index in [1.165, 1.54) is 0 Å². The maximum absolute atomic E-state index is 12.9. The molecule has 0 aliphatic carbocycles. The van der Waals surface area contributed by atoms with Gasteiger partial charge in [0.1, 0.15) is 0 Å². The summed E-state index contributed by atoms with van der Waals surface area (Å²) >= 11 is 0. The van der Waals surface area contributed by atoms with Gasteiger partial charge in [0.2, 0.25) is 5.91 Å². The zero-order valence-electron chi connectivity index (χ0n) is 17.3. The van der Waals surface area contributed by atoms with Gasteiger partial charge in [-0.1, -0.05) is 6.07 Å². The van der Waals surface area contributed by atoms with E-state index in [2.05, 4.69) is 5.32 Å². The van der Waals surface area contributed by atoms with Gasteiger partial charge in [0.15, 0.2) is 0 Å². The Balaban J connectivity index is 1.70. The Hall–Kier alpha value is -2.41. The van der Waals surface area contributed by atoms with Crippen LogP contribution in [0.2, 0.25) is 0 Å². The summed E-state index contributed by atoms with van der Waals surface area (Å²) in [6.45, 7) is 3.27. The van der Waals surface area contributed by atoms with Crippen molar-refractivity contribution in [3.05, 3.63) is 34.9 Å². The fraction of sp³-hybridized carbons (Fsp3) is 0.591. The topological polar surface area (TPSA) is 90.0 Å². The molecule has 2 N–H and O–H groups in total. The van der Waals surface area contributed by atoms with Crippen LogP contribution in [0.25, 0.3) is 0 Å². The highest BCUT2D eigenvalue weighted by Crippen LogP contribution is 2.26. The van der Waals surface area contributed by atoms with Crippen LogP contribution >= 0.6 is 0 Å². The Morgan fingerprint density at radius 2 is 1.97 bits per heavy atom. The van der Waals surface area contributed by atoms with E-state index < -0.39 is 11.9 Å². The van der Waals surface area contributed by atoms with E-state index in [0.717, 1.165) is 50.0 Å². The second-order valence-corrected chi connectivity index (χ2v) is 8.39. The first-order valence-electron chi connectivity index (χ1n) is 10.4. The van der Waals surface area contributed by atoms with Crippen LogP contribution in [0.4, 0.5) is 0 Å². The fourth-order valence-corrected chi connectivity index (χ4v) is 4.34. The van der Waals surface area contributed by atoms with E-state index in [4.69, 9.17) is 5.11 Å². The van der Waals surface area contributed by atoms with Gasteiger partial charge in [0.25, 0.3) is 5.91 Å². The van der Waals surface area contributed by atoms with Crippen molar-refractivity contribution in [3.63, 3.8) is 0 Å². The van der Waals surface area contributed by atoms with Crippen LogP contribution in [-0.2, 0) is 22.6 Å². The highest BCUT2D eigenvalue weighted by atomic mass is 16.4. The van der Waals surface area contributed by atoms with E-state index >= 15 is 0 Å². The molecule has 0 bridgehead atoms. The minimum atomic E-state index is -0.981. The first-order chi connectivity index (χ1) is 13.8. The molecule has 1 atom stereocenters. The van der Waals surface area contributed by atoms with Crippen molar-refractivity contribution in [2.75, 3.05) is 33.7 Å². The number of hydrogen-bond acceptors (Lipinski definition) is 4. The Bertz CT molecular complexity index is 773. The van der Waals surface area contributed by atoms with E-state index in [-0.39, 0.29) is 18.2 Å². The van der Waals surface area contributed by atoms with Crippen LogP contribution in [-0.4, -0.2) is 66.4 Å². The lowest BCUT2D eigenvalue weighted by Gasteiger charge is -2.25. The molecule has 0 saturated carbocycles.